The van der Waals surface area contributed by atoms with Crippen LogP contribution in [0, 0.1) is 5.41 Å². The molecule has 1 aliphatic rings. The number of piperidine rings is 1. The van der Waals surface area contributed by atoms with Crippen molar-refractivity contribution in [1.82, 2.24) is 8.61 Å². The summed E-state index contributed by atoms with van der Waals surface area (Å²) in [6.45, 7) is 6.72. The van der Waals surface area contributed by atoms with Gasteiger partial charge in [0.15, 0.2) is 0 Å². The molecule has 1 heterocycles. The minimum absolute atomic E-state index is 0.307. The predicted molar refractivity (Wildman–Crippen MR) is 74.4 cm³/mol. The smallest absolute Gasteiger partial charge is 0.281 e. The summed E-state index contributed by atoms with van der Waals surface area (Å²) in [6, 6.07) is 0. The Hall–Kier alpha value is -0.170. The Bertz CT molecular complexity index is 348. The Balaban J connectivity index is 2.60. The number of rotatable bonds is 6. The van der Waals surface area contributed by atoms with Crippen LogP contribution >= 0.6 is 0 Å². The minimum Gasteiger partial charge on any atom is -0.330 e. The summed E-state index contributed by atoms with van der Waals surface area (Å²) in [7, 11) is -1.64. The summed E-state index contributed by atoms with van der Waals surface area (Å²) in [5.74, 6) is 0. The van der Waals surface area contributed by atoms with Crippen molar-refractivity contribution < 1.29 is 8.42 Å². The van der Waals surface area contributed by atoms with Gasteiger partial charge in [-0.15, -0.1) is 0 Å². The van der Waals surface area contributed by atoms with Gasteiger partial charge in [0.1, 0.15) is 0 Å². The molecule has 0 aromatic rings. The van der Waals surface area contributed by atoms with E-state index in [4.69, 9.17) is 5.73 Å². The topological polar surface area (TPSA) is 66.6 Å². The molecule has 0 unspecified atom stereocenters. The molecule has 108 valence electrons. The van der Waals surface area contributed by atoms with Gasteiger partial charge in [0, 0.05) is 26.7 Å². The van der Waals surface area contributed by atoms with Crippen molar-refractivity contribution in [1.29, 1.82) is 0 Å². The van der Waals surface area contributed by atoms with E-state index in [0.29, 0.717) is 38.0 Å². The Morgan fingerprint density at radius 2 is 1.89 bits per heavy atom. The van der Waals surface area contributed by atoms with Crippen LogP contribution in [0.3, 0.4) is 0 Å². The third kappa shape index (κ3) is 3.66. The van der Waals surface area contributed by atoms with Gasteiger partial charge in [-0.2, -0.15) is 17.0 Å². The quantitative estimate of drug-likeness (QED) is 0.788. The fourth-order valence-corrected chi connectivity index (χ4v) is 3.63. The zero-order chi connectivity index (χ0) is 13.8. The molecule has 0 radical (unpaired) electrons. The molecule has 0 bridgehead atoms. The summed E-state index contributed by atoms with van der Waals surface area (Å²) in [5, 5.41) is 0. The normalized spacial score (nSPS) is 21.4. The van der Waals surface area contributed by atoms with Gasteiger partial charge in [-0.1, -0.05) is 20.3 Å². The molecule has 1 rings (SSSR count). The molecule has 1 fully saturated rings. The van der Waals surface area contributed by atoms with Gasteiger partial charge >= 0.3 is 0 Å². The van der Waals surface area contributed by atoms with Crippen LogP contribution < -0.4 is 5.73 Å². The van der Waals surface area contributed by atoms with E-state index in [-0.39, 0.29) is 0 Å². The third-order valence-corrected chi connectivity index (χ3v) is 6.17. The maximum Gasteiger partial charge on any atom is 0.281 e. The second kappa shape index (κ2) is 6.32. The summed E-state index contributed by atoms with van der Waals surface area (Å²) in [5.41, 5.74) is 5.72. The molecule has 0 aromatic carbocycles. The van der Waals surface area contributed by atoms with Gasteiger partial charge in [-0.25, -0.2) is 0 Å². The van der Waals surface area contributed by atoms with Crippen LogP contribution in [0.25, 0.3) is 0 Å². The van der Waals surface area contributed by atoms with Gasteiger partial charge in [0.2, 0.25) is 0 Å². The first-order chi connectivity index (χ1) is 8.35. The van der Waals surface area contributed by atoms with Gasteiger partial charge in [0.25, 0.3) is 10.2 Å². The summed E-state index contributed by atoms with van der Waals surface area (Å²) in [4.78, 5) is 0. The first kappa shape index (κ1) is 15.9. The van der Waals surface area contributed by atoms with Crippen LogP contribution in [-0.2, 0) is 10.2 Å². The minimum atomic E-state index is -3.28. The third-order valence-electron chi connectivity index (χ3n) is 4.18. The predicted octanol–water partition coefficient (Wildman–Crippen LogP) is 1.02. The SMILES string of the molecule is CCC1(C)CCN(S(=O)(=O)N(C)CCCN)CC1. The lowest BCUT2D eigenvalue weighted by Crippen LogP contribution is -2.47. The zero-order valence-electron chi connectivity index (χ0n) is 11.9. The lowest BCUT2D eigenvalue weighted by atomic mass is 9.79. The first-order valence-electron chi connectivity index (χ1n) is 6.77. The van der Waals surface area contributed by atoms with Gasteiger partial charge in [-0.3, -0.25) is 0 Å². The molecule has 18 heavy (non-hydrogen) atoms. The average Bonchev–Trinajstić information content (AvgIpc) is 2.36. The van der Waals surface area contributed by atoms with E-state index in [2.05, 4.69) is 13.8 Å². The highest BCUT2D eigenvalue weighted by Gasteiger charge is 2.35. The Kier molecular flexibility index (Phi) is 5.58. The number of hydrogen-bond acceptors (Lipinski definition) is 3. The Morgan fingerprint density at radius 3 is 2.33 bits per heavy atom. The van der Waals surface area contributed by atoms with Gasteiger partial charge in [0.05, 0.1) is 0 Å². The molecule has 0 saturated carbocycles. The van der Waals surface area contributed by atoms with Crippen LogP contribution in [0.4, 0.5) is 0 Å². The molecule has 0 amide bonds. The van der Waals surface area contributed by atoms with Crippen molar-refractivity contribution in [3.05, 3.63) is 0 Å². The molecule has 0 aromatic heterocycles. The average molecular weight is 277 g/mol. The first-order valence-corrected chi connectivity index (χ1v) is 8.17. The molecular formula is C12H27N3O2S. The maximum atomic E-state index is 12.3. The van der Waals surface area contributed by atoms with E-state index in [1.54, 1.807) is 11.4 Å². The summed E-state index contributed by atoms with van der Waals surface area (Å²) >= 11 is 0. The lowest BCUT2D eigenvalue weighted by molar-refractivity contribution is 0.163. The molecule has 1 aliphatic heterocycles. The highest BCUT2D eigenvalue weighted by Crippen LogP contribution is 2.34. The summed E-state index contributed by atoms with van der Waals surface area (Å²) < 4.78 is 27.6. The monoisotopic (exact) mass is 277 g/mol. The summed E-state index contributed by atoms with van der Waals surface area (Å²) in [6.07, 6.45) is 3.72. The molecule has 1 saturated heterocycles. The highest BCUT2D eigenvalue weighted by molar-refractivity contribution is 7.86. The Labute approximate surface area is 112 Å². The van der Waals surface area contributed by atoms with E-state index in [9.17, 15) is 8.42 Å². The molecule has 2 N–H and O–H groups in total. The van der Waals surface area contributed by atoms with E-state index < -0.39 is 10.2 Å². The molecule has 0 aliphatic carbocycles. The van der Waals surface area contributed by atoms with Crippen molar-refractivity contribution in [2.75, 3.05) is 33.2 Å². The van der Waals surface area contributed by atoms with Crippen molar-refractivity contribution in [3.63, 3.8) is 0 Å². The van der Waals surface area contributed by atoms with E-state index in [1.807, 2.05) is 0 Å². The van der Waals surface area contributed by atoms with Crippen molar-refractivity contribution in [2.24, 2.45) is 11.1 Å². The number of nitrogens with zero attached hydrogens (tertiary/aromatic N) is 2. The van der Waals surface area contributed by atoms with Crippen LogP contribution in [0.5, 0.6) is 0 Å². The maximum absolute atomic E-state index is 12.3. The zero-order valence-corrected chi connectivity index (χ0v) is 12.7. The standard InChI is InChI=1S/C12H27N3O2S/c1-4-12(2)6-10-15(11-7-12)18(16,17)14(3)9-5-8-13/h4-11,13H2,1-3H3. The lowest BCUT2D eigenvalue weighted by Gasteiger charge is -2.39. The van der Waals surface area contributed by atoms with E-state index in [0.717, 1.165) is 19.3 Å². The van der Waals surface area contributed by atoms with Crippen LogP contribution in [0.15, 0.2) is 0 Å². The number of nitrogens with two attached hydrogens (primary N) is 1. The van der Waals surface area contributed by atoms with Gasteiger partial charge in [-0.05, 0) is 31.2 Å². The van der Waals surface area contributed by atoms with E-state index >= 15 is 0 Å². The van der Waals surface area contributed by atoms with Crippen LogP contribution in [-0.4, -0.2) is 50.3 Å². The molecule has 0 atom stereocenters. The molecular weight excluding hydrogens is 250 g/mol. The molecule has 6 heteroatoms. The fourth-order valence-electron chi connectivity index (χ4n) is 2.24. The van der Waals surface area contributed by atoms with Crippen molar-refractivity contribution >= 4 is 10.2 Å². The second-order valence-electron chi connectivity index (χ2n) is 5.53. The Morgan fingerprint density at radius 1 is 1.33 bits per heavy atom. The number of hydrogen-bond donors (Lipinski definition) is 1. The van der Waals surface area contributed by atoms with Crippen LogP contribution in [0.1, 0.15) is 39.5 Å². The second-order valence-corrected chi connectivity index (χ2v) is 7.57. The molecule has 5 nitrogen and oxygen atoms in total. The van der Waals surface area contributed by atoms with Crippen molar-refractivity contribution in [3.8, 4) is 0 Å². The van der Waals surface area contributed by atoms with E-state index in [1.165, 1.54) is 4.31 Å². The fraction of sp³-hybridized carbons (Fsp3) is 1.00. The van der Waals surface area contributed by atoms with Gasteiger partial charge < -0.3 is 5.73 Å². The molecule has 0 spiro atoms. The van der Waals surface area contributed by atoms with Crippen LogP contribution in [0.2, 0.25) is 0 Å². The largest absolute Gasteiger partial charge is 0.330 e. The highest BCUT2D eigenvalue weighted by atomic mass is 32.2. The van der Waals surface area contributed by atoms with Crippen molar-refractivity contribution in [2.45, 2.75) is 39.5 Å².